The lowest BCUT2D eigenvalue weighted by Crippen LogP contribution is -2.45. The maximum Gasteiger partial charge on any atom is 0.271 e. The number of fused-ring (bicyclic) bond motifs is 1. The second-order valence-corrected chi connectivity index (χ2v) is 9.16. The van der Waals surface area contributed by atoms with Crippen LogP contribution in [-0.2, 0) is 0 Å². The Morgan fingerprint density at radius 1 is 1.28 bits per heavy atom. The van der Waals surface area contributed by atoms with Gasteiger partial charge in [0.15, 0.2) is 5.69 Å². The minimum absolute atomic E-state index is 0.194. The fourth-order valence-electron chi connectivity index (χ4n) is 3.69. The molecule has 9 heteroatoms. The summed E-state index contributed by atoms with van der Waals surface area (Å²) in [5.74, 6) is 0.384. The van der Waals surface area contributed by atoms with Crippen molar-refractivity contribution >= 4 is 33.4 Å². The fourth-order valence-corrected chi connectivity index (χ4v) is 4.63. The lowest BCUT2D eigenvalue weighted by atomic mass is 9.97. The molecule has 0 aliphatic carbocycles. The van der Waals surface area contributed by atoms with E-state index in [1.807, 2.05) is 33.8 Å². The van der Waals surface area contributed by atoms with Gasteiger partial charge in [-0.25, -0.2) is 14.4 Å². The zero-order valence-electron chi connectivity index (χ0n) is 19.3. The molecule has 0 unspecified atom stereocenters. The van der Waals surface area contributed by atoms with E-state index in [0.29, 0.717) is 29.7 Å². The molecule has 4 heterocycles. The molecule has 32 heavy (non-hydrogen) atoms. The summed E-state index contributed by atoms with van der Waals surface area (Å²) in [4.78, 5) is 29.2. The third kappa shape index (κ3) is 5.77. The number of hydrogen-bond donors (Lipinski definition) is 2. The molecule has 1 fully saturated rings. The van der Waals surface area contributed by atoms with Crippen LogP contribution in [0.25, 0.3) is 10.2 Å². The van der Waals surface area contributed by atoms with Crippen LogP contribution in [-0.4, -0.2) is 52.4 Å². The Balaban J connectivity index is 0.00000141. The molecule has 1 aliphatic heterocycles. The summed E-state index contributed by atoms with van der Waals surface area (Å²) in [5, 5.41) is 6.18. The molecule has 1 atom stereocenters. The molecular weight excluding hydrogens is 427 g/mol. The molecule has 1 amide bonds. The predicted octanol–water partition coefficient (Wildman–Crippen LogP) is 4.41. The minimum Gasteiger partial charge on any atom is -0.351 e. The van der Waals surface area contributed by atoms with E-state index in [9.17, 15) is 9.18 Å². The van der Waals surface area contributed by atoms with Gasteiger partial charge in [0, 0.05) is 30.7 Å². The van der Waals surface area contributed by atoms with Crippen LogP contribution in [0.2, 0.25) is 0 Å². The highest BCUT2D eigenvalue weighted by atomic mass is 32.1. The van der Waals surface area contributed by atoms with Crippen LogP contribution in [0.3, 0.4) is 0 Å². The van der Waals surface area contributed by atoms with Crippen LogP contribution in [0.4, 0.5) is 10.3 Å². The minimum atomic E-state index is -0.399. The molecule has 1 aliphatic rings. The normalized spacial score (nSPS) is 14.9. The van der Waals surface area contributed by atoms with Gasteiger partial charge in [-0.2, -0.15) is 0 Å². The maximum absolute atomic E-state index is 13.5. The van der Waals surface area contributed by atoms with E-state index in [-0.39, 0.29) is 11.9 Å². The highest BCUT2D eigenvalue weighted by Crippen LogP contribution is 2.28. The summed E-state index contributed by atoms with van der Waals surface area (Å²) < 4.78 is 14.3. The average Bonchev–Trinajstić information content (AvgIpc) is 3.13. The number of pyridine rings is 1. The smallest absolute Gasteiger partial charge is 0.271 e. The summed E-state index contributed by atoms with van der Waals surface area (Å²) in [5.41, 5.74) is 1.78. The lowest BCUT2D eigenvalue weighted by molar-refractivity contribution is 0.0930. The molecule has 2 N–H and O–H groups in total. The van der Waals surface area contributed by atoms with E-state index >= 15 is 0 Å². The largest absolute Gasteiger partial charge is 0.351 e. The van der Waals surface area contributed by atoms with Crippen LogP contribution in [0.5, 0.6) is 0 Å². The number of aryl methyl sites for hydroxylation is 1. The summed E-state index contributed by atoms with van der Waals surface area (Å²) >= 11 is 1.51. The number of anilines is 1. The number of thiophene rings is 1. The molecule has 172 valence electrons. The van der Waals surface area contributed by atoms with Crippen LogP contribution < -0.4 is 10.6 Å². The van der Waals surface area contributed by atoms with Gasteiger partial charge in [0.1, 0.15) is 5.82 Å². The predicted molar refractivity (Wildman–Crippen MR) is 128 cm³/mol. The number of nitrogens with zero attached hydrogens (tertiary/aromatic N) is 4. The van der Waals surface area contributed by atoms with Crippen LogP contribution in [0.1, 0.15) is 54.2 Å². The van der Waals surface area contributed by atoms with Gasteiger partial charge in [-0.05, 0) is 50.9 Å². The second-order valence-electron chi connectivity index (χ2n) is 7.90. The van der Waals surface area contributed by atoms with Crippen LogP contribution in [0, 0.1) is 18.7 Å². The van der Waals surface area contributed by atoms with Crippen molar-refractivity contribution in [3.63, 3.8) is 0 Å². The van der Waals surface area contributed by atoms with Gasteiger partial charge in [0.05, 0.1) is 22.5 Å². The zero-order chi connectivity index (χ0) is 23.3. The first-order valence-corrected chi connectivity index (χ1v) is 11.8. The number of carbonyl (C=O) groups is 1. The van der Waals surface area contributed by atoms with Crippen LogP contribution in [0.15, 0.2) is 24.5 Å². The number of rotatable bonds is 7. The van der Waals surface area contributed by atoms with E-state index in [0.717, 1.165) is 40.8 Å². The molecule has 0 spiro atoms. The first-order valence-electron chi connectivity index (χ1n) is 11.0. The highest BCUT2D eigenvalue weighted by molar-refractivity contribution is 7.19. The van der Waals surface area contributed by atoms with Gasteiger partial charge in [-0.15, -0.1) is 11.3 Å². The summed E-state index contributed by atoms with van der Waals surface area (Å²) in [6.07, 6.45) is 3.72. The second kappa shape index (κ2) is 10.8. The molecule has 0 bridgehead atoms. The number of likely N-dealkylation sites (tertiary alicyclic amines) is 1. The fraction of sp³-hybridized carbons (Fsp3) is 0.478. The Labute approximate surface area is 192 Å². The summed E-state index contributed by atoms with van der Waals surface area (Å²) in [6.45, 7) is 10.6. The standard InChI is InChI=1S/C21H25FN6OS.C2H6/c1-12-6-17-19(30-12)18(20(29)24-5-4-14-10-28(3)11-14)27-21(26-17)25-13(2)15-7-16(22)9-23-8-15;1-2/h6-9,13-14H,4-5,10-11H2,1-3H3,(H,24,29)(H,25,26,27);1-2H3/t13-;/m0./s1. The molecule has 0 saturated carbocycles. The van der Waals surface area contributed by atoms with Gasteiger partial charge in [-0.1, -0.05) is 13.8 Å². The van der Waals surface area contributed by atoms with E-state index in [2.05, 4.69) is 37.5 Å². The topological polar surface area (TPSA) is 83.0 Å². The van der Waals surface area contributed by atoms with Crippen molar-refractivity contribution in [1.29, 1.82) is 0 Å². The van der Waals surface area contributed by atoms with E-state index in [1.54, 1.807) is 6.20 Å². The highest BCUT2D eigenvalue weighted by Gasteiger charge is 2.23. The van der Waals surface area contributed by atoms with E-state index < -0.39 is 5.82 Å². The SMILES string of the molecule is CC.Cc1cc2nc(N[C@@H](C)c3cncc(F)c3)nc(C(=O)NCCC3CN(C)C3)c2s1. The van der Waals surface area contributed by atoms with Crippen molar-refractivity contribution in [3.05, 3.63) is 46.5 Å². The van der Waals surface area contributed by atoms with Crippen molar-refractivity contribution in [2.75, 3.05) is 32.0 Å². The lowest BCUT2D eigenvalue weighted by Gasteiger charge is -2.36. The number of hydrogen-bond acceptors (Lipinski definition) is 7. The first-order chi connectivity index (χ1) is 15.4. The van der Waals surface area contributed by atoms with Gasteiger partial charge in [-0.3, -0.25) is 9.78 Å². The average molecular weight is 459 g/mol. The molecule has 7 nitrogen and oxygen atoms in total. The quantitative estimate of drug-likeness (QED) is 0.546. The number of carbonyl (C=O) groups excluding carboxylic acids is 1. The Hall–Kier alpha value is -2.65. The molecule has 3 aromatic rings. The molecule has 3 aromatic heterocycles. The van der Waals surface area contributed by atoms with Crippen molar-refractivity contribution < 1.29 is 9.18 Å². The third-order valence-corrected chi connectivity index (χ3v) is 6.31. The Bertz CT molecular complexity index is 1070. The van der Waals surface area contributed by atoms with Gasteiger partial charge in [0.25, 0.3) is 5.91 Å². The number of amides is 1. The van der Waals surface area contributed by atoms with Crippen molar-refractivity contribution in [3.8, 4) is 0 Å². The van der Waals surface area contributed by atoms with Crippen molar-refractivity contribution in [2.45, 2.75) is 40.2 Å². The summed E-state index contributed by atoms with van der Waals surface area (Å²) in [7, 11) is 2.10. The van der Waals surface area contributed by atoms with Crippen LogP contribution >= 0.6 is 11.3 Å². The summed E-state index contributed by atoms with van der Waals surface area (Å²) in [6, 6.07) is 3.10. The molecule has 1 saturated heterocycles. The van der Waals surface area contributed by atoms with E-state index in [4.69, 9.17) is 0 Å². The number of halogens is 1. The van der Waals surface area contributed by atoms with Gasteiger partial charge in [0.2, 0.25) is 5.95 Å². The number of aromatic nitrogens is 3. The Kier molecular flexibility index (Phi) is 8.09. The first kappa shape index (κ1) is 24.0. The van der Waals surface area contributed by atoms with Crippen molar-refractivity contribution in [2.24, 2.45) is 5.92 Å². The molecule has 0 aromatic carbocycles. The van der Waals surface area contributed by atoms with Gasteiger partial charge < -0.3 is 15.5 Å². The Morgan fingerprint density at radius 2 is 2.03 bits per heavy atom. The van der Waals surface area contributed by atoms with Gasteiger partial charge >= 0.3 is 0 Å². The molecular formula is C23H31FN6OS. The van der Waals surface area contributed by atoms with Crippen molar-refractivity contribution in [1.82, 2.24) is 25.2 Å². The Morgan fingerprint density at radius 3 is 2.72 bits per heavy atom. The zero-order valence-corrected chi connectivity index (χ0v) is 20.1. The molecule has 0 radical (unpaired) electrons. The maximum atomic E-state index is 13.5. The monoisotopic (exact) mass is 458 g/mol. The van der Waals surface area contributed by atoms with E-state index in [1.165, 1.54) is 17.4 Å². The number of nitrogens with one attached hydrogen (secondary N) is 2. The molecule has 4 rings (SSSR count). The third-order valence-electron chi connectivity index (χ3n) is 5.26.